The molecule has 2 aliphatic heterocycles. The highest BCUT2D eigenvalue weighted by Crippen LogP contribution is 2.10. The molecule has 1 unspecified atom stereocenters. The fourth-order valence-corrected chi connectivity index (χ4v) is 1.46. The van der Waals surface area contributed by atoms with Gasteiger partial charge in [0.15, 0.2) is 17.1 Å². The van der Waals surface area contributed by atoms with E-state index in [1.165, 1.54) is 6.34 Å². The van der Waals surface area contributed by atoms with Gasteiger partial charge in [0.25, 0.3) is 0 Å². The van der Waals surface area contributed by atoms with Crippen LogP contribution in [-0.2, 0) is 0 Å². The molecule has 0 aliphatic carbocycles. The van der Waals surface area contributed by atoms with Crippen LogP contribution in [0, 0.1) is 0 Å². The Balaban J connectivity index is 2.31. The smallest absolute Gasteiger partial charge is 0.193 e. The van der Waals surface area contributed by atoms with Crippen LogP contribution < -0.4 is 15.6 Å². The van der Waals surface area contributed by atoms with Gasteiger partial charge in [-0.25, -0.2) is 15.0 Å². The summed E-state index contributed by atoms with van der Waals surface area (Å²) in [6, 6.07) is 2.00. The first-order chi connectivity index (χ1) is 6.83. The van der Waals surface area contributed by atoms with Crippen LogP contribution in [0.1, 0.15) is 6.92 Å². The molecule has 3 heterocycles. The summed E-state index contributed by atoms with van der Waals surface area (Å²) < 4.78 is 5.49. The molecule has 0 bridgehead atoms. The monoisotopic (exact) mass is 188 g/mol. The predicted molar refractivity (Wildman–Crippen MR) is 49.7 cm³/mol. The van der Waals surface area contributed by atoms with Crippen LogP contribution in [-0.4, -0.2) is 24.0 Å². The van der Waals surface area contributed by atoms with Gasteiger partial charge >= 0.3 is 0 Å². The maximum atomic E-state index is 5.49. The lowest BCUT2D eigenvalue weighted by Crippen LogP contribution is -2.28. The fraction of sp³-hybridized carbons (Fsp3) is 0.333. The lowest BCUT2D eigenvalue weighted by atomic mass is 10.3. The molecule has 0 fully saturated rings. The molecule has 70 valence electrons. The summed E-state index contributed by atoms with van der Waals surface area (Å²) in [5.74, 6) is 1.33. The molecule has 1 atom stereocenters. The molecule has 0 spiro atoms. The molecule has 0 aromatic carbocycles. The van der Waals surface area contributed by atoms with Crippen molar-refractivity contribution in [1.29, 1.82) is 0 Å². The van der Waals surface area contributed by atoms with Gasteiger partial charge in [-0.2, -0.15) is 0 Å². The molecule has 0 N–H and O–H groups in total. The third kappa shape index (κ3) is 1.02. The number of aliphatic imine (C=N–C) groups is 1. The minimum atomic E-state index is 0.162. The number of aromatic nitrogens is 1. The second-order valence-corrected chi connectivity index (χ2v) is 3.32. The number of fused-ring (bicyclic) bond motifs is 2. The summed E-state index contributed by atoms with van der Waals surface area (Å²) in [6.45, 7) is 2.60. The van der Waals surface area contributed by atoms with Crippen molar-refractivity contribution in [1.82, 2.24) is 4.98 Å². The van der Waals surface area contributed by atoms with Gasteiger partial charge in [-0.15, -0.1) is 0 Å². The summed E-state index contributed by atoms with van der Waals surface area (Å²) in [5.41, 5.74) is 0.636. The van der Waals surface area contributed by atoms with E-state index in [1.807, 2.05) is 13.0 Å². The van der Waals surface area contributed by atoms with Gasteiger partial charge in [-0.3, -0.25) is 4.99 Å². The number of pyridine rings is 1. The number of ether oxygens (including phenoxy) is 1. The van der Waals surface area contributed by atoms with E-state index in [-0.39, 0.29) is 6.04 Å². The Morgan fingerprint density at radius 2 is 2.43 bits per heavy atom. The first-order valence-corrected chi connectivity index (χ1v) is 4.45. The third-order valence-electron chi connectivity index (χ3n) is 2.13. The van der Waals surface area contributed by atoms with Crippen LogP contribution in [0.25, 0.3) is 0 Å². The Morgan fingerprint density at radius 1 is 1.50 bits per heavy atom. The van der Waals surface area contributed by atoms with E-state index in [0.717, 1.165) is 5.36 Å². The van der Waals surface area contributed by atoms with Gasteiger partial charge in [0, 0.05) is 6.07 Å². The fourth-order valence-electron chi connectivity index (χ4n) is 1.46. The van der Waals surface area contributed by atoms with E-state index < -0.39 is 0 Å². The zero-order chi connectivity index (χ0) is 9.54. The Labute approximate surface area is 79.9 Å². The highest BCUT2D eigenvalue weighted by atomic mass is 16.5. The van der Waals surface area contributed by atoms with Crippen LogP contribution in [0.15, 0.2) is 21.0 Å². The van der Waals surface area contributed by atoms with E-state index in [2.05, 4.69) is 20.0 Å². The Hall–Kier alpha value is -1.78. The molecule has 3 rings (SSSR count). The minimum absolute atomic E-state index is 0.162. The summed E-state index contributed by atoms with van der Waals surface area (Å²) in [4.78, 5) is 16.7. The SMILES string of the molecule is CC1COc2cc3c(nc2=N1)N=CN=3. The average molecular weight is 188 g/mol. The van der Waals surface area contributed by atoms with E-state index >= 15 is 0 Å². The van der Waals surface area contributed by atoms with Crippen molar-refractivity contribution < 1.29 is 4.74 Å². The second-order valence-electron chi connectivity index (χ2n) is 3.32. The normalized spacial score (nSPS) is 21.6. The molecule has 0 saturated heterocycles. The molecule has 0 saturated carbocycles. The van der Waals surface area contributed by atoms with E-state index in [1.54, 1.807) is 0 Å². The molecular weight excluding hydrogens is 180 g/mol. The van der Waals surface area contributed by atoms with Gasteiger partial charge in [0.2, 0.25) is 0 Å². The van der Waals surface area contributed by atoms with Crippen LogP contribution in [0.3, 0.4) is 0 Å². The van der Waals surface area contributed by atoms with E-state index in [9.17, 15) is 0 Å². The molecule has 5 nitrogen and oxygen atoms in total. The van der Waals surface area contributed by atoms with Crippen LogP contribution >= 0.6 is 0 Å². The molecular formula is C9H8N4O. The number of rotatable bonds is 0. The van der Waals surface area contributed by atoms with Crippen molar-refractivity contribution in [2.75, 3.05) is 6.61 Å². The lowest BCUT2D eigenvalue weighted by molar-refractivity contribution is 0.272. The van der Waals surface area contributed by atoms with Crippen molar-refractivity contribution in [2.24, 2.45) is 15.0 Å². The minimum Gasteiger partial charge on any atom is -0.487 e. The van der Waals surface area contributed by atoms with Crippen LogP contribution in [0.5, 0.6) is 5.75 Å². The van der Waals surface area contributed by atoms with Gasteiger partial charge < -0.3 is 4.74 Å². The molecule has 2 aliphatic rings. The summed E-state index contributed by atoms with van der Waals surface area (Å²) in [6.07, 6.45) is 1.49. The summed E-state index contributed by atoms with van der Waals surface area (Å²) in [7, 11) is 0. The first kappa shape index (κ1) is 7.61. The van der Waals surface area contributed by atoms with Crippen molar-refractivity contribution in [3.8, 4) is 5.75 Å². The van der Waals surface area contributed by atoms with Gasteiger partial charge in [-0.1, -0.05) is 0 Å². The zero-order valence-electron chi connectivity index (χ0n) is 7.64. The Morgan fingerprint density at radius 3 is 3.36 bits per heavy atom. The molecule has 14 heavy (non-hydrogen) atoms. The quantitative estimate of drug-likeness (QED) is 0.565. The Bertz CT molecular complexity index is 534. The molecule has 0 amide bonds. The largest absolute Gasteiger partial charge is 0.487 e. The highest BCUT2D eigenvalue weighted by molar-refractivity contribution is 5.64. The second kappa shape index (κ2) is 2.60. The summed E-state index contributed by atoms with van der Waals surface area (Å²) in [5, 5.41) is 0.758. The zero-order valence-corrected chi connectivity index (χ0v) is 7.64. The maximum absolute atomic E-state index is 5.49. The van der Waals surface area contributed by atoms with Crippen molar-refractivity contribution in [2.45, 2.75) is 13.0 Å². The molecule has 5 heteroatoms. The highest BCUT2D eigenvalue weighted by Gasteiger charge is 2.13. The average Bonchev–Trinajstić information content (AvgIpc) is 2.61. The van der Waals surface area contributed by atoms with Gasteiger partial charge in [0.1, 0.15) is 18.3 Å². The number of nitrogens with zero attached hydrogens (tertiary/aromatic N) is 4. The standard InChI is InChI=1S/C9H8N4O/c1-5-3-14-7-2-6-8(11-4-10-6)13-9(7)12-5/h2,4-5H,3H2,1H3. The van der Waals surface area contributed by atoms with Crippen molar-refractivity contribution in [3.05, 3.63) is 16.9 Å². The molecule has 1 aromatic heterocycles. The number of hydrogen-bond donors (Lipinski definition) is 0. The lowest BCUT2D eigenvalue weighted by Gasteiger charge is -2.14. The van der Waals surface area contributed by atoms with E-state index in [0.29, 0.717) is 23.7 Å². The maximum Gasteiger partial charge on any atom is 0.193 e. The summed E-state index contributed by atoms with van der Waals surface area (Å²) >= 11 is 0. The van der Waals surface area contributed by atoms with Gasteiger partial charge in [0.05, 0.1) is 6.04 Å². The number of hydrogen-bond acceptors (Lipinski definition) is 5. The predicted octanol–water partition coefficient (Wildman–Crippen LogP) is -0.225. The first-order valence-electron chi connectivity index (χ1n) is 4.45. The van der Waals surface area contributed by atoms with Crippen LogP contribution in [0.2, 0.25) is 0 Å². The Kier molecular flexibility index (Phi) is 1.41. The van der Waals surface area contributed by atoms with Crippen molar-refractivity contribution >= 4 is 12.2 Å². The van der Waals surface area contributed by atoms with E-state index in [4.69, 9.17) is 4.74 Å². The van der Waals surface area contributed by atoms with Crippen LogP contribution in [0.4, 0.5) is 5.82 Å². The third-order valence-corrected chi connectivity index (χ3v) is 2.13. The molecule has 0 radical (unpaired) electrons. The van der Waals surface area contributed by atoms with Gasteiger partial charge in [-0.05, 0) is 6.92 Å². The topological polar surface area (TPSA) is 59.2 Å². The molecule has 1 aromatic rings. The van der Waals surface area contributed by atoms with Crippen molar-refractivity contribution in [3.63, 3.8) is 0 Å².